The third-order valence-corrected chi connectivity index (χ3v) is 4.57. The number of hydrogen-bond donors (Lipinski definition) is 2. The summed E-state index contributed by atoms with van der Waals surface area (Å²) in [5.41, 5.74) is 1.05. The number of rotatable bonds is 5. The highest BCUT2D eigenvalue weighted by atomic mass is 32.1. The van der Waals surface area contributed by atoms with E-state index in [4.69, 9.17) is 5.11 Å². The Morgan fingerprint density at radius 2 is 2.19 bits per heavy atom. The molecule has 0 spiro atoms. The molecule has 1 aromatic rings. The molecule has 0 aliphatic heterocycles. The number of carboxylic acid groups (broad SMARTS) is 1. The molecule has 21 heavy (non-hydrogen) atoms. The van der Waals surface area contributed by atoms with Crippen LogP contribution >= 0.6 is 11.3 Å². The minimum Gasteiger partial charge on any atom is -0.480 e. The number of aliphatic carboxylic acids is 1. The average molecular weight is 321 g/mol. The molecule has 2 N–H and O–H groups in total. The maximum atomic E-state index is 12.3. The van der Waals surface area contributed by atoms with E-state index in [2.05, 4.69) is 0 Å². The monoisotopic (exact) mass is 321 g/mol. The molecular formula is C13H14F3NO3S. The third kappa shape index (κ3) is 3.96. The zero-order valence-corrected chi connectivity index (χ0v) is 11.9. The molecule has 0 radical (unpaired) electrons. The van der Waals surface area contributed by atoms with Crippen LogP contribution in [0.15, 0.2) is 11.4 Å². The van der Waals surface area contributed by atoms with E-state index in [0.29, 0.717) is 6.42 Å². The van der Waals surface area contributed by atoms with Crippen molar-refractivity contribution in [1.29, 1.82) is 0 Å². The fourth-order valence-electron chi connectivity index (χ4n) is 2.25. The molecule has 0 saturated heterocycles. The lowest BCUT2D eigenvalue weighted by Gasteiger charge is -2.16. The van der Waals surface area contributed by atoms with Crippen LogP contribution in [-0.2, 0) is 9.59 Å². The lowest BCUT2D eigenvalue weighted by atomic mass is 10.1. The Kier molecular flexibility index (Phi) is 4.27. The second-order valence-corrected chi connectivity index (χ2v) is 6.08. The molecule has 116 valence electrons. The van der Waals surface area contributed by atoms with Gasteiger partial charge in [0.15, 0.2) is 0 Å². The first-order chi connectivity index (χ1) is 9.69. The van der Waals surface area contributed by atoms with Gasteiger partial charge in [0.25, 0.3) is 0 Å². The standard InChI is InChI=1S/C13H14F3NO3S/c1-6-2-3-21-10(6)7-4-8(7)11(18)17-9(12(19)20)5-13(14,15)16/h2-3,7-9H,4-5H2,1H3,(H,17,18)(H,19,20). The summed E-state index contributed by atoms with van der Waals surface area (Å²) in [7, 11) is 0. The van der Waals surface area contributed by atoms with Crippen molar-refractivity contribution in [2.24, 2.45) is 5.92 Å². The number of aryl methyl sites for hydroxylation is 1. The Labute approximate surface area is 123 Å². The third-order valence-electron chi connectivity index (χ3n) is 3.42. The molecule has 1 aliphatic rings. The molecule has 3 unspecified atom stereocenters. The highest BCUT2D eigenvalue weighted by molar-refractivity contribution is 7.10. The molecule has 1 amide bonds. The lowest BCUT2D eigenvalue weighted by Crippen LogP contribution is -2.44. The van der Waals surface area contributed by atoms with Crippen molar-refractivity contribution < 1.29 is 27.9 Å². The van der Waals surface area contributed by atoms with E-state index in [9.17, 15) is 22.8 Å². The van der Waals surface area contributed by atoms with Crippen LogP contribution in [-0.4, -0.2) is 29.2 Å². The summed E-state index contributed by atoms with van der Waals surface area (Å²) >= 11 is 1.50. The number of carbonyl (C=O) groups is 2. The second kappa shape index (κ2) is 5.67. The molecule has 1 aliphatic carbocycles. The number of thiophene rings is 1. The van der Waals surface area contributed by atoms with E-state index in [1.807, 2.05) is 23.7 Å². The predicted octanol–water partition coefficient (Wildman–Crippen LogP) is 2.68. The Morgan fingerprint density at radius 3 is 2.67 bits per heavy atom. The minimum atomic E-state index is -4.64. The van der Waals surface area contributed by atoms with E-state index in [1.165, 1.54) is 11.3 Å². The molecule has 4 nitrogen and oxygen atoms in total. The SMILES string of the molecule is Cc1ccsc1C1CC1C(=O)NC(CC(F)(F)F)C(=O)O. The zero-order valence-electron chi connectivity index (χ0n) is 11.1. The lowest BCUT2D eigenvalue weighted by molar-refractivity contribution is -0.160. The maximum absolute atomic E-state index is 12.3. The normalized spacial score (nSPS) is 22.7. The fourth-order valence-corrected chi connectivity index (χ4v) is 3.36. The van der Waals surface area contributed by atoms with Crippen molar-refractivity contribution in [3.8, 4) is 0 Å². The zero-order chi connectivity index (χ0) is 15.8. The topological polar surface area (TPSA) is 66.4 Å². The summed E-state index contributed by atoms with van der Waals surface area (Å²) < 4.78 is 36.8. The first-order valence-corrected chi connectivity index (χ1v) is 7.21. The van der Waals surface area contributed by atoms with Gasteiger partial charge >= 0.3 is 12.1 Å². The number of amides is 1. The fraction of sp³-hybridized carbons (Fsp3) is 0.538. The highest BCUT2D eigenvalue weighted by Crippen LogP contribution is 2.50. The number of halogens is 3. The van der Waals surface area contributed by atoms with Crippen LogP contribution in [0.1, 0.15) is 29.2 Å². The van der Waals surface area contributed by atoms with Crippen LogP contribution in [0.3, 0.4) is 0 Å². The number of alkyl halides is 3. The van der Waals surface area contributed by atoms with E-state index < -0.39 is 36.4 Å². The first kappa shape index (κ1) is 15.8. The maximum Gasteiger partial charge on any atom is 0.391 e. The Hall–Kier alpha value is -1.57. The number of carbonyl (C=O) groups excluding carboxylic acids is 1. The van der Waals surface area contributed by atoms with Crippen LogP contribution in [0.5, 0.6) is 0 Å². The molecule has 0 aromatic carbocycles. The van der Waals surface area contributed by atoms with Crippen molar-refractivity contribution in [2.45, 2.75) is 37.9 Å². The van der Waals surface area contributed by atoms with Gasteiger partial charge in [0.2, 0.25) is 5.91 Å². The molecule has 1 heterocycles. The molecule has 1 fully saturated rings. The molecular weight excluding hydrogens is 307 g/mol. The van der Waals surface area contributed by atoms with Gasteiger partial charge in [0.1, 0.15) is 6.04 Å². The van der Waals surface area contributed by atoms with Crippen LogP contribution in [0.25, 0.3) is 0 Å². The van der Waals surface area contributed by atoms with E-state index in [1.54, 1.807) is 0 Å². The molecule has 0 bridgehead atoms. The summed E-state index contributed by atoms with van der Waals surface area (Å²) in [5, 5.41) is 12.7. The quantitative estimate of drug-likeness (QED) is 0.876. The van der Waals surface area contributed by atoms with Gasteiger partial charge in [0, 0.05) is 16.7 Å². The average Bonchev–Trinajstić information content (AvgIpc) is 3.02. The van der Waals surface area contributed by atoms with Gasteiger partial charge in [-0.2, -0.15) is 13.2 Å². The van der Waals surface area contributed by atoms with Crippen LogP contribution in [0.2, 0.25) is 0 Å². The van der Waals surface area contributed by atoms with Gasteiger partial charge in [-0.3, -0.25) is 4.79 Å². The molecule has 2 rings (SSSR count). The number of hydrogen-bond acceptors (Lipinski definition) is 3. The molecule has 1 saturated carbocycles. The van der Waals surface area contributed by atoms with E-state index >= 15 is 0 Å². The summed E-state index contributed by atoms with van der Waals surface area (Å²) in [6, 6.07) is -0.0139. The van der Waals surface area contributed by atoms with Gasteiger partial charge in [-0.05, 0) is 30.4 Å². The van der Waals surface area contributed by atoms with Gasteiger partial charge < -0.3 is 10.4 Å². The van der Waals surface area contributed by atoms with Gasteiger partial charge in [-0.15, -0.1) is 11.3 Å². The van der Waals surface area contributed by atoms with Crippen molar-refractivity contribution >= 4 is 23.2 Å². The van der Waals surface area contributed by atoms with Crippen molar-refractivity contribution in [3.63, 3.8) is 0 Å². The van der Waals surface area contributed by atoms with Gasteiger partial charge in [-0.25, -0.2) is 4.79 Å². The Morgan fingerprint density at radius 1 is 1.52 bits per heavy atom. The summed E-state index contributed by atoms with van der Waals surface area (Å²) in [6.45, 7) is 1.91. The number of carboxylic acids is 1. The van der Waals surface area contributed by atoms with Gasteiger partial charge in [0.05, 0.1) is 6.42 Å². The summed E-state index contributed by atoms with van der Waals surface area (Å²) in [4.78, 5) is 23.7. The van der Waals surface area contributed by atoms with E-state index in [0.717, 1.165) is 10.4 Å². The first-order valence-electron chi connectivity index (χ1n) is 6.33. The number of nitrogens with one attached hydrogen (secondary N) is 1. The van der Waals surface area contributed by atoms with E-state index in [-0.39, 0.29) is 5.92 Å². The van der Waals surface area contributed by atoms with Crippen molar-refractivity contribution in [3.05, 3.63) is 21.9 Å². The largest absolute Gasteiger partial charge is 0.480 e. The minimum absolute atomic E-state index is 0.00895. The van der Waals surface area contributed by atoms with Crippen molar-refractivity contribution in [2.75, 3.05) is 0 Å². The van der Waals surface area contributed by atoms with Crippen LogP contribution in [0, 0.1) is 12.8 Å². The molecule has 1 aromatic heterocycles. The highest BCUT2D eigenvalue weighted by Gasteiger charge is 2.47. The Balaban J connectivity index is 1.95. The molecule has 8 heteroatoms. The second-order valence-electron chi connectivity index (χ2n) is 5.14. The predicted molar refractivity (Wildman–Crippen MR) is 70.1 cm³/mol. The van der Waals surface area contributed by atoms with Crippen LogP contribution in [0.4, 0.5) is 13.2 Å². The summed E-state index contributed by atoms with van der Waals surface area (Å²) in [5.74, 6) is -2.74. The Bertz CT molecular complexity index is 555. The summed E-state index contributed by atoms with van der Waals surface area (Å²) in [6.07, 6.45) is -5.65. The van der Waals surface area contributed by atoms with Gasteiger partial charge in [-0.1, -0.05) is 0 Å². The van der Waals surface area contributed by atoms with Crippen molar-refractivity contribution in [1.82, 2.24) is 5.32 Å². The smallest absolute Gasteiger partial charge is 0.391 e. The van der Waals surface area contributed by atoms with Crippen LogP contribution < -0.4 is 5.32 Å². The molecule has 3 atom stereocenters.